The first kappa shape index (κ1) is 29.4. The number of hydrogen-bond donors (Lipinski definition) is 0. The largest absolute Gasteiger partial charge is 0.456 e. The lowest BCUT2D eigenvalue weighted by Gasteiger charge is -2.18. The van der Waals surface area contributed by atoms with E-state index in [0.717, 1.165) is 66.0 Å². The van der Waals surface area contributed by atoms with Crippen LogP contribution in [-0.2, 0) is 0 Å². The summed E-state index contributed by atoms with van der Waals surface area (Å²) in [5.41, 5.74) is 10.7. The molecular formula is C52H30O2. The van der Waals surface area contributed by atoms with Crippen molar-refractivity contribution in [3.8, 4) is 33.4 Å². The molecule has 10 aromatic carbocycles. The van der Waals surface area contributed by atoms with Gasteiger partial charge >= 0.3 is 0 Å². The molecule has 0 amide bonds. The van der Waals surface area contributed by atoms with Crippen LogP contribution in [0.4, 0.5) is 0 Å². The number of benzene rings is 10. The molecule has 54 heavy (non-hydrogen) atoms. The molecular weight excluding hydrogens is 657 g/mol. The van der Waals surface area contributed by atoms with Gasteiger partial charge in [-0.3, -0.25) is 0 Å². The van der Waals surface area contributed by atoms with E-state index in [1.165, 1.54) is 54.4 Å². The third-order valence-electron chi connectivity index (χ3n) is 11.4. The van der Waals surface area contributed by atoms with Crippen molar-refractivity contribution in [2.75, 3.05) is 0 Å². The summed E-state index contributed by atoms with van der Waals surface area (Å²) in [6.07, 6.45) is 0. The van der Waals surface area contributed by atoms with E-state index in [9.17, 15) is 0 Å². The summed E-state index contributed by atoms with van der Waals surface area (Å²) < 4.78 is 13.0. The maximum Gasteiger partial charge on any atom is 0.136 e. The monoisotopic (exact) mass is 686 g/mol. The van der Waals surface area contributed by atoms with Crippen LogP contribution in [0.25, 0.3) is 120 Å². The second kappa shape index (κ2) is 11.2. The van der Waals surface area contributed by atoms with Gasteiger partial charge in [0, 0.05) is 21.5 Å². The lowest BCUT2D eigenvalue weighted by atomic mass is 9.84. The van der Waals surface area contributed by atoms with Gasteiger partial charge in [-0.05, 0) is 119 Å². The van der Waals surface area contributed by atoms with Gasteiger partial charge in [-0.25, -0.2) is 0 Å². The highest BCUT2D eigenvalue weighted by molar-refractivity contribution is 6.24. The smallest absolute Gasteiger partial charge is 0.136 e. The van der Waals surface area contributed by atoms with Gasteiger partial charge in [-0.15, -0.1) is 0 Å². The molecule has 12 aromatic rings. The topological polar surface area (TPSA) is 26.3 Å². The minimum Gasteiger partial charge on any atom is -0.456 e. The van der Waals surface area contributed by atoms with Crippen LogP contribution in [0.2, 0.25) is 0 Å². The Morgan fingerprint density at radius 2 is 0.741 bits per heavy atom. The van der Waals surface area contributed by atoms with Crippen molar-refractivity contribution in [3.05, 3.63) is 182 Å². The lowest BCUT2D eigenvalue weighted by molar-refractivity contribution is 0.669. The number of fused-ring (bicyclic) bond motifs is 10. The predicted molar refractivity (Wildman–Crippen MR) is 227 cm³/mol. The Labute approximate surface area is 310 Å². The fourth-order valence-electron chi connectivity index (χ4n) is 9.02. The van der Waals surface area contributed by atoms with Crippen LogP contribution >= 0.6 is 0 Å². The van der Waals surface area contributed by atoms with Gasteiger partial charge in [-0.1, -0.05) is 140 Å². The highest BCUT2D eigenvalue weighted by Crippen LogP contribution is 2.46. The molecule has 12 rings (SSSR count). The first-order chi connectivity index (χ1) is 26.8. The molecule has 2 heteroatoms. The van der Waals surface area contributed by atoms with Crippen molar-refractivity contribution in [1.29, 1.82) is 0 Å². The normalized spacial score (nSPS) is 12.1. The van der Waals surface area contributed by atoms with Gasteiger partial charge in [0.25, 0.3) is 0 Å². The molecule has 0 radical (unpaired) electrons. The Hall–Kier alpha value is -7.16. The van der Waals surface area contributed by atoms with Crippen LogP contribution in [0.3, 0.4) is 0 Å². The minimum atomic E-state index is 0.877. The molecule has 0 aliphatic carbocycles. The summed E-state index contributed by atoms with van der Waals surface area (Å²) in [5, 5.41) is 14.3. The average Bonchev–Trinajstić information content (AvgIpc) is 3.78. The van der Waals surface area contributed by atoms with Gasteiger partial charge < -0.3 is 8.83 Å². The van der Waals surface area contributed by atoms with E-state index >= 15 is 0 Å². The van der Waals surface area contributed by atoms with Crippen LogP contribution in [0.1, 0.15) is 0 Å². The van der Waals surface area contributed by atoms with E-state index in [1.54, 1.807) is 0 Å². The van der Waals surface area contributed by atoms with Crippen molar-refractivity contribution in [2.45, 2.75) is 0 Å². The van der Waals surface area contributed by atoms with Crippen molar-refractivity contribution in [1.82, 2.24) is 0 Å². The van der Waals surface area contributed by atoms with Crippen LogP contribution in [0, 0.1) is 0 Å². The maximum atomic E-state index is 6.75. The molecule has 0 saturated carbocycles. The molecule has 0 fully saturated rings. The lowest BCUT2D eigenvalue weighted by Crippen LogP contribution is -1.91. The molecule has 0 atom stereocenters. The number of hydrogen-bond acceptors (Lipinski definition) is 2. The molecule has 0 spiro atoms. The highest BCUT2D eigenvalue weighted by atomic mass is 16.3. The van der Waals surface area contributed by atoms with Crippen LogP contribution < -0.4 is 0 Å². The molecule has 250 valence electrons. The Morgan fingerprint density at radius 3 is 1.48 bits per heavy atom. The second-order valence-electron chi connectivity index (χ2n) is 14.4. The fourth-order valence-corrected chi connectivity index (χ4v) is 9.02. The average molecular weight is 687 g/mol. The van der Waals surface area contributed by atoms with Crippen molar-refractivity contribution in [3.63, 3.8) is 0 Å². The molecule has 0 aliphatic rings. The zero-order chi connectivity index (χ0) is 35.3. The van der Waals surface area contributed by atoms with E-state index in [1.807, 2.05) is 12.1 Å². The maximum absolute atomic E-state index is 6.75. The van der Waals surface area contributed by atoms with E-state index < -0.39 is 0 Å². The summed E-state index contributed by atoms with van der Waals surface area (Å²) in [7, 11) is 0. The minimum absolute atomic E-state index is 0.877. The number of para-hydroxylation sites is 1. The standard InChI is InChI=1S/C52H30O2/c1-2-14-35-31(11-1)12-9-21-40(35)52-43-18-5-3-16-41(43)51(42-17-4-6-19-44(42)52)34-24-26-39-38-25-23-33(28-48(38)54-49(39)29-34)36-20-10-13-32-27-46-37-15-7-8-22-47(37)53-50(46)30-45(32)36/h1-30H. The van der Waals surface area contributed by atoms with E-state index in [-0.39, 0.29) is 0 Å². The summed E-state index contributed by atoms with van der Waals surface area (Å²) in [4.78, 5) is 0. The Balaban J connectivity index is 1.04. The Morgan fingerprint density at radius 1 is 0.241 bits per heavy atom. The first-order valence-electron chi connectivity index (χ1n) is 18.5. The Bertz CT molecular complexity index is 3440. The van der Waals surface area contributed by atoms with Gasteiger partial charge in [0.15, 0.2) is 0 Å². The van der Waals surface area contributed by atoms with Gasteiger partial charge in [0.1, 0.15) is 22.3 Å². The zero-order valence-electron chi connectivity index (χ0n) is 29.1. The van der Waals surface area contributed by atoms with Crippen molar-refractivity contribution < 1.29 is 8.83 Å². The molecule has 0 bridgehead atoms. The molecule has 0 unspecified atom stereocenters. The molecule has 2 aromatic heterocycles. The zero-order valence-corrected chi connectivity index (χ0v) is 29.1. The quantitative estimate of drug-likeness (QED) is 0.173. The van der Waals surface area contributed by atoms with Gasteiger partial charge in [-0.2, -0.15) is 0 Å². The molecule has 0 aliphatic heterocycles. The molecule has 0 N–H and O–H groups in total. The van der Waals surface area contributed by atoms with Gasteiger partial charge in [0.2, 0.25) is 0 Å². The van der Waals surface area contributed by atoms with Crippen molar-refractivity contribution in [2.24, 2.45) is 0 Å². The summed E-state index contributed by atoms with van der Waals surface area (Å²) in [6.45, 7) is 0. The third kappa shape index (κ3) is 4.22. The SMILES string of the molecule is c1cc(-c2ccc3c(c2)oc2cc(-c4c5ccccc5c(-c5cccc6ccccc56)c5ccccc45)ccc23)c2cc3oc4ccccc4c3cc2c1. The predicted octanol–water partition coefficient (Wildman–Crippen LogP) is 15.1. The summed E-state index contributed by atoms with van der Waals surface area (Å²) in [5.74, 6) is 0. The first-order valence-corrected chi connectivity index (χ1v) is 18.5. The summed E-state index contributed by atoms with van der Waals surface area (Å²) in [6, 6.07) is 65.6. The molecule has 0 saturated heterocycles. The van der Waals surface area contributed by atoms with Crippen LogP contribution in [0.5, 0.6) is 0 Å². The van der Waals surface area contributed by atoms with Crippen LogP contribution in [0.15, 0.2) is 191 Å². The summed E-state index contributed by atoms with van der Waals surface area (Å²) >= 11 is 0. The highest BCUT2D eigenvalue weighted by Gasteiger charge is 2.19. The number of furan rings is 2. The second-order valence-corrected chi connectivity index (χ2v) is 14.4. The molecule has 2 nitrogen and oxygen atoms in total. The molecule has 2 heterocycles. The van der Waals surface area contributed by atoms with E-state index in [2.05, 4.69) is 170 Å². The van der Waals surface area contributed by atoms with E-state index in [4.69, 9.17) is 8.83 Å². The third-order valence-corrected chi connectivity index (χ3v) is 11.4. The number of rotatable bonds is 3. The van der Waals surface area contributed by atoms with E-state index in [0.29, 0.717) is 0 Å². The Kier molecular flexibility index (Phi) is 6.09. The fraction of sp³-hybridized carbons (Fsp3) is 0. The van der Waals surface area contributed by atoms with Crippen molar-refractivity contribution >= 4 is 87.0 Å². The van der Waals surface area contributed by atoms with Gasteiger partial charge in [0.05, 0.1) is 0 Å². The van der Waals surface area contributed by atoms with Crippen LogP contribution in [-0.4, -0.2) is 0 Å².